The molecule has 0 saturated heterocycles. The molecule has 1 heterocycles. The number of benzene rings is 1. The summed E-state index contributed by atoms with van der Waals surface area (Å²) < 4.78 is 0. The molecule has 0 amide bonds. The summed E-state index contributed by atoms with van der Waals surface area (Å²) in [6.45, 7) is 5.10. The third-order valence-electron chi connectivity index (χ3n) is 4.82. The maximum atomic E-state index is 4.22. The molecule has 22 heavy (non-hydrogen) atoms. The van der Waals surface area contributed by atoms with E-state index in [1.807, 2.05) is 7.05 Å². The van der Waals surface area contributed by atoms with Crippen molar-refractivity contribution in [3.8, 4) is 0 Å². The van der Waals surface area contributed by atoms with E-state index in [1.165, 1.54) is 48.9 Å². The van der Waals surface area contributed by atoms with Crippen molar-refractivity contribution in [2.24, 2.45) is 0 Å². The SMILES string of the molecule is C=C1NCC(NC2CCCCC2)=C1C(NC)c1ccccc1. The van der Waals surface area contributed by atoms with Gasteiger partial charge in [0.2, 0.25) is 0 Å². The summed E-state index contributed by atoms with van der Waals surface area (Å²) in [5.41, 5.74) is 4.94. The van der Waals surface area contributed by atoms with Crippen molar-refractivity contribution in [1.82, 2.24) is 16.0 Å². The summed E-state index contributed by atoms with van der Waals surface area (Å²) in [6.07, 6.45) is 6.67. The zero-order chi connectivity index (χ0) is 15.4. The van der Waals surface area contributed by atoms with E-state index in [2.05, 4.69) is 52.9 Å². The molecule has 1 aromatic carbocycles. The number of likely N-dealkylation sites (N-methyl/N-ethyl adjacent to an activating group) is 1. The zero-order valence-electron chi connectivity index (χ0n) is 13.5. The Morgan fingerprint density at radius 3 is 2.55 bits per heavy atom. The monoisotopic (exact) mass is 297 g/mol. The van der Waals surface area contributed by atoms with Crippen LogP contribution in [0.3, 0.4) is 0 Å². The lowest BCUT2D eigenvalue weighted by Gasteiger charge is -2.26. The first-order valence-electron chi connectivity index (χ1n) is 8.44. The molecule has 0 radical (unpaired) electrons. The highest BCUT2D eigenvalue weighted by Gasteiger charge is 2.27. The first-order valence-corrected chi connectivity index (χ1v) is 8.44. The lowest BCUT2D eigenvalue weighted by atomic mass is 9.93. The molecule has 1 saturated carbocycles. The van der Waals surface area contributed by atoms with Gasteiger partial charge >= 0.3 is 0 Å². The van der Waals surface area contributed by atoms with Crippen molar-refractivity contribution in [2.45, 2.75) is 44.2 Å². The van der Waals surface area contributed by atoms with Gasteiger partial charge in [0.25, 0.3) is 0 Å². The van der Waals surface area contributed by atoms with Gasteiger partial charge in [-0.2, -0.15) is 0 Å². The molecule has 1 aliphatic carbocycles. The molecule has 3 nitrogen and oxygen atoms in total. The Bertz CT molecular complexity index is 541. The number of rotatable bonds is 5. The van der Waals surface area contributed by atoms with Crippen LogP contribution in [0, 0.1) is 0 Å². The van der Waals surface area contributed by atoms with Crippen molar-refractivity contribution in [3.63, 3.8) is 0 Å². The summed E-state index contributed by atoms with van der Waals surface area (Å²) in [4.78, 5) is 0. The Kier molecular flexibility index (Phi) is 4.84. The van der Waals surface area contributed by atoms with Crippen molar-refractivity contribution in [2.75, 3.05) is 13.6 Å². The van der Waals surface area contributed by atoms with Crippen LogP contribution in [0.1, 0.15) is 43.7 Å². The highest BCUT2D eigenvalue weighted by Crippen LogP contribution is 2.31. The van der Waals surface area contributed by atoms with Gasteiger partial charge in [-0.3, -0.25) is 0 Å². The maximum absolute atomic E-state index is 4.22. The van der Waals surface area contributed by atoms with Gasteiger partial charge in [0.05, 0.1) is 12.6 Å². The van der Waals surface area contributed by atoms with Gasteiger partial charge in [-0.05, 0) is 25.5 Å². The van der Waals surface area contributed by atoms with E-state index < -0.39 is 0 Å². The van der Waals surface area contributed by atoms with Gasteiger partial charge in [0.15, 0.2) is 0 Å². The zero-order valence-corrected chi connectivity index (χ0v) is 13.5. The Morgan fingerprint density at radius 2 is 1.86 bits per heavy atom. The molecule has 1 fully saturated rings. The molecule has 3 rings (SSSR count). The molecular formula is C19H27N3. The minimum Gasteiger partial charge on any atom is -0.384 e. The highest BCUT2D eigenvalue weighted by atomic mass is 15.0. The Morgan fingerprint density at radius 1 is 1.14 bits per heavy atom. The second kappa shape index (κ2) is 7.01. The van der Waals surface area contributed by atoms with Crippen LogP contribution in [-0.4, -0.2) is 19.6 Å². The highest BCUT2D eigenvalue weighted by molar-refractivity contribution is 5.45. The van der Waals surface area contributed by atoms with Crippen LogP contribution in [-0.2, 0) is 0 Å². The van der Waals surface area contributed by atoms with Gasteiger partial charge in [-0.1, -0.05) is 56.2 Å². The van der Waals surface area contributed by atoms with Gasteiger partial charge in [-0.15, -0.1) is 0 Å². The fourth-order valence-corrected chi connectivity index (χ4v) is 3.66. The summed E-state index contributed by atoms with van der Waals surface area (Å²) in [5, 5.41) is 10.7. The standard InChI is InChI=1S/C19H27N3/c1-14-18(19(20-2)15-9-5-3-6-10-15)17(13-21-14)22-16-11-7-4-8-12-16/h3,5-6,9-10,16,19-22H,1,4,7-8,11-13H2,2H3. The van der Waals surface area contributed by atoms with Crippen LogP contribution in [0.5, 0.6) is 0 Å². The smallest absolute Gasteiger partial charge is 0.0612 e. The van der Waals surface area contributed by atoms with E-state index in [-0.39, 0.29) is 6.04 Å². The first-order chi connectivity index (χ1) is 10.8. The Balaban J connectivity index is 1.85. The van der Waals surface area contributed by atoms with Crippen LogP contribution in [0.15, 0.2) is 53.9 Å². The average Bonchev–Trinajstić information content (AvgIpc) is 2.92. The van der Waals surface area contributed by atoms with Crippen molar-refractivity contribution in [3.05, 3.63) is 59.4 Å². The third kappa shape index (κ3) is 3.20. The molecular weight excluding hydrogens is 270 g/mol. The van der Waals surface area contributed by atoms with E-state index in [9.17, 15) is 0 Å². The van der Waals surface area contributed by atoms with Crippen LogP contribution in [0.4, 0.5) is 0 Å². The lowest BCUT2D eigenvalue weighted by molar-refractivity contribution is 0.394. The van der Waals surface area contributed by atoms with Crippen molar-refractivity contribution < 1.29 is 0 Å². The van der Waals surface area contributed by atoms with E-state index in [0.29, 0.717) is 6.04 Å². The second-order valence-electron chi connectivity index (χ2n) is 6.34. The number of nitrogens with one attached hydrogen (secondary N) is 3. The van der Waals surface area contributed by atoms with Crippen LogP contribution >= 0.6 is 0 Å². The normalized spacial score (nSPS) is 20.9. The molecule has 3 heteroatoms. The van der Waals surface area contributed by atoms with E-state index >= 15 is 0 Å². The minimum atomic E-state index is 0.190. The molecule has 3 N–H and O–H groups in total. The van der Waals surface area contributed by atoms with Gasteiger partial charge in [-0.25, -0.2) is 0 Å². The molecule has 0 aromatic heterocycles. The summed E-state index contributed by atoms with van der Waals surface area (Å²) >= 11 is 0. The molecule has 1 unspecified atom stereocenters. The van der Waals surface area contributed by atoms with Crippen LogP contribution in [0.2, 0.25) is 0 Å². The Labute approximate surface area is 133 Å². The van der Waals surface area contributed by atoms with E-state index in [1.54, 1.807) is 0 Å². The van der Waals surface area contributed by atoms with Gasteiger partial charge in [0, 0.05) is 23.0 Å². The third-order valence-corrected chi connectivity index (χ3v) is 4.82. The molecule has 1 atom stereocenters. The first kappa shape index (κ1) is 15.2. The van der Waals surface area contributed by atoms with Crippen LogP contribution < -0.4 is 16.0 Å². The van der Waals surface area contributed by atoms with Crippen LogP contribution in [0.25, 0.3) is 0 Å². The molecule has 1 aromatic rings. The minimum absolute atomic E-state index is 0.190. The van der Waals surface area contributed by atoms with Gasteiger partial charge < -0.3 is 16.0 Å². The molecule has 0 bridgehead atoms. The predicted molar refractivity (Wildman–Crippen MR) is 92.4 cm³/mol. The van der Waals surface area contributed by atoms with E-state index in [0.717, 1.165) is 12.2 Å². The number of hydrogen-bond donors (Lipinski definition) is 3. The lowest BCUT2D eigenvalue weighted by Crippen LogP contribution is -2.33. The van der Waals surface area contributed by atoms with Crippen molar-refractivity contribution in [1.29, 1.82) is 0 Å². The largest absolute Gasteiger partial charge is 0.384 e. The van der Waals surface area contributed by atoms with E-state index in [4.69, 9.17) is 0 Å². The Hall–Kier alpha value is -1.74. The van der Waals surface area contributed by atoms with Crippen molar-refractivity contribution >= 4 is 0 Å². The predicted octanol–water partition coefficient (Wildman–Crippen LogP) is 3.24. The van der Waals surface area contributed by atoms with Gasteiger partial charge in [0.1, 0.15) is 0 Å². The molecule has 0 spiro atoms. The topological polar surface area (TPSA) is 36.1 Å². The molecule has 2 aliphatic rings. The number of hydrogen-bond acceptors (Lipinski definition) is 3. The molecule has 118 valence electrons. The summed E-state index contributed by atoms with van der Waals surface area (Å²) in [7, 11) is 2.02. The fourth-order valence-electron chi connectivity index (χ4n) is 3.66. The summed E-state index contributed by atoms with van der Waals surface area (Å²) in [5.74, 6) is 0. The summed E-state index contributed by atoms with van der Waals surface area (Å²) in [6, 6.07) is 11.4. The average molecular weight is 297 g/mol. The quantitative estimate of drug-likeness (QED) is 0.781. The molecule has 1 aliphatic heterocycles. The fraction of sp³-hybridized carbons (Fsp3) is 0.474. The maximum Gasteiger partial charge on any atom is 0.0612 e. The second-order valence-corrected chi connectivity index (χ2v) is 6.34.